The van der Waals surface area contributed by atoms with Crippen molar-refractivity contribution in [1.29, 1.82) is 0 Å². The van der Waals surface area contributed by atoms with Crippen molar-refractivity contribution in [3.8, 4) is 0 Å². The van der Waals surface area contributed by atoms with Crippen LogP contribution >= 0.6 is 34.5 Å². The molecular weight excluding hydrogens is 389 g/mol. The minimum absolute atomic E-state index is 0.0219. The van der Waals surface area contributed by atoms with Crippen molar-refractivity contribution < 1.29 is 0 Å². The normalized spacial score (nSPS) is 22.0. The Morgan fingerprint density at radius 3 is 2.58 bits per heavy atom. The summed E-state index contributed by atoms with van der Waals surface area (Å²) in [6.07, 6.45) is 3.71. The molecule has 0 amide bonds. The Labute approximate surface area is 164 Å². The summed E-state index contributed by atoms with van der Waals surface area (Å²) in [6.45, 7) is 6.28. The number of hydrogen-bond donors (Lipinski definition) is 0. The molecule has 0 spiro atoms. The number of aryl methyl sites for hydroxylation is 1. The van der Waals surface area contributed by atoms with Gasteiger partial charge in [0.1, 0.15) is 4.49 Å². The van der Waals surface area contributed by atoms with Crippen LogP contribution in [0.1, 0.15) is 36.7 Å². The fourth-order valence-electron chi connectivity index (χ4n) is 3.41. The molecule has 0 unspecified atom stereocenters. The summed E-state index contributed by atoms with van der Waals surface area (Å²) in [5.41, 5.74) is 2.02. The zero-order chi connectivity index (χ0) is 18.6. The third-order valence-electron chi connectivity index (χ3n) is 5.07. The lowest BCUT2D eigenvalue weighted by Crippen LogP contribution is -2.23. The molecule has 2 heterocycles. The van der Waals surface area contributed by atoms with E-state index in [0.29, 0.717) is 15.3 Å². The Kier molecular flexibility index (Phi) is 4.21. The van der Waals surface area contributed by atoms with E-state index in [1.807, 2.05) is 43.3 Å². The first-order valence-electron chi connectivity index (χ1n) is 8.28. The van der Waals surface area contributed by atoms with Gasteiger partial charge in [-0.2, -0.15) is 4.52 Å². The highest BCUT2D eigenvalue weighted by Gasteiger charge is 2.59. The molecule has 0 radical (unpaired) electrons. The van der Waals surface area contributed by atoms with E-state index in [1.165, 1.54) is 21.4 Å². The van der Waals surface area contributed by atoms with Crippen molar-refractivity contribution >= 4 is 45.6 Å². The second-order valence-corrected chi connectivity index (χ2v) is 9.29. The maximum absolute atomic E-state index is 12.7. The van der Waals surface area contributed by atoms with Crippen LogP contribution in [0.2, 0.25) is 0 Å². The Morgan fingerprint density at radius 2 is 1.96 bits per heavy atom. The van der Waals surface area contributed by atoms with E-state index in [-0.39, 0.29) is 27.3 Å². The van der Waals surface area contributed by atoms with Gasteiger partial charge in [-0.3, -0.25) is 4.79 Å². The molecule has 3 aromatic rings. The largest absolute Gasteiger partial charge is 0.291 e. The van der Waals surface area contributed by atoms with Crippen LogP contribution in [0.5, 0.6) is 0 Å². The van der Waals surface area contributed by atoms with Gasteiger partial charge in [0, 0.05) is 5.92 Å². The molecule has 1 aromatic carbocycles. The topological polar surface area (TPSA) is 47.3 Å². The van der Waals surface area contributed by atoms with Crippen molar-refractivity contribution in [2.45, 2.75) is 26.7 Å². The minimum Gasteiger partial charge on any atom is -0.266 e. The number of rotatable bonds is 3. The number of thiazole rings is 1. The number of aromatic nitrogens is 3. The van der Waals surface area contributed by atoms with Gasteiger partial charge < -0.3 is 0 Å². The molecule has 0 aliphatic heterocycles. The molecule has 7 heteroatoms. The molecule has 2 atom stereocenters. The smallest absolute Gasteiger partial charge is 0.266 e. The molecule has 1 saturated carbocycles. The third kappa shape index (κ3) is 2.98. The second-order valence-electron chi connectivity index (χ2n) is 7.27. The van der Waals surface area contributed by atoms with Gasteiger partial charge >= 0.3 is 0 Å². The first-order valence-corrected chi connectivity index (χ1v) is 9.85. The van der Waals surface area contributed by atoms with Crippen molar-refractivity contribution in [1.82, 2.24) is 14.6 Å². The Morgan fingerprint density at radius 1 is 1.27 bits per heavy atom. The lowest BCUT2D eigenvalue weighted by Gasteiger charge is -1.97. The molecule has 4 rings (SSSR count). The summed E-state index contributed by atoms with van der Waals surface area (Å²) in [5, 5.41) is 4.47. The maximum Gasteiger partial charge on any atom is 0.291 e. The van der Waals surface area contributed by atoms with Gasteiger partial charge in [-0.1, -0.05) is 78.2 Å². The zero-order valence-electron chi connectivity index (χ0n) is 14.5. The summed E-state index contributed by atoms with van der Waals surface area (Å²) in [5.74, 6) is 0.973. The summed E-state index contributed by atoms with van der Waals surface area (Å²) in [6, 6.07) is 8.04. The highest BCUT2D eigenvalue weighted by molar-refractivity contribution is 7.15. The standard InChI is InChI=1S/C19H17Cl2N3OS/c1-10-4-6-11(7-5-10)8-13-17(25)24-18(26-13)22-16(23-24)15-12(9-14(20)21)19(15,2)3/h4-9,12,15H,1-3H3/b13-8-/t12-,15-/m0/s1. The molecule has 0 saturated heterocycles. The van der Waals surface area contributed by atoms with Crippen LogP contribution in [0, 0.1) is 18.3 Å². The first kappa shape index (κ1) is 17.7. The van der Waals surface area contributed by atoms with Crippen molar-refractivity contribution in [2.24, 2.45) is 11.3 Å². The van der Waals surface area contributed by atoms with Gasteiger partial charge in [0.25, 0.3) is 5.56 Å². The number of fused-ring (bicyclic) bond motifs is 1. The summed E-state index contributed by atoms with van der Waals surface area (Å²) in [7, 11) is 0. The maximum atomic E-state index is 12.7. The highest BCUT2D eigenvalue weighted by atomic mass is 35.5. The minimum atomic E-state index is -0.134. The molecule has 1 fully saturated rings. The molecule has 4 nitrogen and oxygen atoms in total. The van der Waals surface area contributed by atoms with E-state index < -0.39 is 0 Å². The van der Waals surface area contributed by atoms with Crippen LogP contribution in [0.15, 0.2) is 39.6 Å². The molecule has 134 valence electrons. The fourth-order valence-corrected chi connectivity index (χ4v) is 4.60. The predicted octanol–water partition coefficient (Wildman–Crippen LogP) is 4.07. The van der Waals surface area contributed by atoms with Crippen molar-refractivity contribution in [3.05, 3.63) is 66.7 Å². The van der Waals surface area contributed by atoms with E-state index in [2.05, 4.69) is 23.9 Å². The van der Waals surface area contributed by atoms with Crippen molar-refractivity contribution in [2.75, 3.05) is 0 Å². The van der Waals surface area contributed by atoms with E-state index in [1.54, 1.807) is 0 Å². The van der Waals surface area contributed by atoms with Gasteiger partial charge in [0.2, 0.25) is 4.96 Å². The lowest BCUT2D eigenvalue weighted by molar-refractivity contribution is 0.585. The van der Waals surface area contributed by atoms with Gasteiger partial charge in [-0.05, 0) is 36.0 Å². The van der Waals surface area contributed by atoms with E-state index in [9.17, 15) is 4.79 Å². The van der Waals surface area contributed by atoms with Gasteiger partial charge in [-0.25, -0.2) is 4.98 Å². The summed E-state index contributed by atoms with van der Waals surface area (Å²) < 4.78 is 2.29. The van der Waals surface area contributed by atoms with E-state index >= 15 is 0 Å². The van der Waals surface area contributed by atoms with Gasteiger partial charge in [-0.15, -0.1) is 5.10 Å². The molecule has 2 aromatic heterocycles. The van der Waals surface area contributed by atoms with Crippen LogP contribution in [0.3, 0.4) is 0 Å². The number of nitrogens with zero attached hydrogens (tertiary/aromatic N) is 3. The zero-order valence-corrected chi connectivity index (χ0v) is 16.9. The summed E-state index contributed by atoms with van der Waals surface area (Å²) in [4.78, 5) is 17.9. The third-order valence-corrected chi connectivity index (χ3v) is 6.28. The molecule has 0 N–H and O–H groups in total. The van der Waals surface area contributed by atoms with E-state index in [0.717, 1.165) is 5.56 Å². The molecular formula is C19H17Cl2N3OS. The SMILES string of the molecule is Cc1ccc(/C=c2\sc3nc([C@@H]4[C@H](C=C(Cl)Cl)C4(C)C)nn3c2=O)cc1. The number of halogens is 2. The Balaban J connectivity index is 1.72. The highest BCUT2D eigenvalue weighted by Crippen LogP contribution is 2.64. The number of benzene rings is 1. The average molecular weight is 406 g/mol. The number of hydrogen-bond acceptors (Lipinski definition) is 4. The molecule has 26 heavy (non-hydrogen) atoms. The Hall–Kier alpha value is -1.69. The second kappa shape index (κ2) is 6.19. The quantitative estimate of drug-likeness (QED) is 0.659. The first-order chi connectivity index (χ1) is 12.3. The Bertz CT molecular complexity index is 1120. The molecule has 0 bridgehead atoms. The summed E-state index contributed by atoms with van der Waals surface area (Å²) >= 11 is 13.0. The molecule has 1 aliphatic rings. The van der Waals surface area contributed by atoms with Crippen LogP contribution in [0.25, 0.3) is 11.0 Å². The average Bonchev–Trinajstić information content (AvgIpc) is 2.86. The molecule has 1 aliphatic carbocycles. The van der Waals surface area contributed by atoms with E-state index in [4.69, 9.17) is 23.2 Å². The predicted molar refractivity (Wildman–Crippen MR) is 107 cm³/mol. The fraction of sp³-hybridized carbons (Fsp3) is 0.316. The van der Waals surface area contributed by atoms with Gasteiger partial charge in [0.05, 0.1) is 4.53 Å². The van der Waals surface area contributed by atoms with Crippen LogP contribution < -0.4 is 10.1 Å². The van der Waals surface area contributed by atoms with Crippen LogP contribution in [0.4, 0.5) is 0 Å². The van der Waals surface area contributed by atoms with Gasteiger partial charge in [0.15, 0.2) is 5.82 Å². The van der Waals surface area contributed by atoms with Crippen LogP contribution in [-0.2, 0) is 0 Å². The number of allylic oxidation sites excluding steroid dienone is 1. The lowest BCUT2D eigenvalue weighted by atomic mass is 10.1. The van der Waals surface area contributed by atoms with Crippen molar-refractivity contribution in [3.63, 3.8) is 0 Å². The monoisotopic (exact) mass is 405 g/mol. The van der Waals surface area contributed by atoms with Crippen LogP contribution in [-0.4, -0.2) is 14.6 Å².